The zero-order valence-corrected chi connectivity index (χ0v) is 17.0. The number of benzene rings is 3. The van der Waals surface area contributed by atoms with Crippen molar-refractivity contribution in [1.29, 1.82) is 0 Å². The van der Waals surface area contributed by atoms with Gasteiger partial charge in [0.15, 0.2) is 6.10 Å². The third kappa shape index (κ3) is 2.98. The number of para-hydroxylation sites is 1. The second-order valence-corrected chi connectivity index (χ2v) is 7.99. The molecule has 30 heavy (non-hydrogen) atoms. The molecule has 3 atom stereocenters. The minimum atomic E-state index is -0.875. The Labute approximate surface area is 179 Å². The van der Waals surface area contributed by atoms with E-state index in [0.29, 0.717) is 10.7 Å². The van der Waals surface area contributed by atoms with Gasteiger partial charge in [0.05, 0.1) is 17.4 Å². The Balaban J connectivity index is 1.58. The van der Waals surface area contributed by atoms with Crippen LogP contribution in [0.1, 0.15) is 17.2 Å². The summed E-state index contributed by atoms with van der Waals surface area (Å²) >= 11 is 6.08. The summed E-state index contributed by atoms with van der Waals surface area (Å²) in [7, 11) is 0. The first-order chi connectivity index (χ1) is 14.5. The summed E-state index contributed by atoms with van der Waals surface area (Å²) in [6, 6.07) is 23.7. The normalized spacial score (nSPS) is 23.2. The third-order valence-corrected chi connectivity index (χ3v) is 5.88. The molecule has 2 aliphatic rings. The van der Waals surface area contributed by atoms with Crippen LogP contribution in [0.5, 0.6) is 0 Å². The molecule has 5 nitrogen and oxygen atoms in total. The summed E-state index contributed by atoms with van der Waals surface area (Å²) in [5.41, 5.74) is 3.27. The lowest BCUT2D eigenvalue weighted by molar-refractivity contribution is -0.126. The number of fused-ring (bicyclic) bond motifs is 1. The van der Waals surface area contributed by atoms with Gasteiger partial charge in [-0.1, -0.05) is 59.6 Å². The molecule has 2 saturated heterocycles. The number of amides is 2. The van der Waals surface area contributed by atoms with E-state index in [2.05, 4.69) is 0 Å². The molecule has 0 saturated carbocycles. The minimum Gasteiger partial charge on any atom is -0.273 e. The summed E-state index contributed by atoms with van der Waals surface area (Å²) in [5, 5.41) is 2.29. The van der Waals surface area contributed by atoms with Crippen LogP contribution >= 0.6 is 11.6 Å². The van der Waals surface area contributed by atoms with Gasteiger partial charge < -0.3 is 0 Å². The molecule has 0 radical (unpaired) electrons. The fraction of sp³-hybridized carbons (Fsp3) is 0.167. The van der Waals surface area contributed by atoms with Crippen LogP contribution < -0.4 is 9.96 Å². The molecular formula is C24H19ClN2O3. The first kappa shape index (κ1) is 18.9. The summed E-state index contributed by atoms with van der Waals surface area (Å²) in [6.07, 6.45) is -0.875. The van der Waals surface area contributed by atoms with Gasteiger partial charge in [0.25, 0.3) is 5.91 Å². The van der Waals surface area contributed by atoms with Gasteiger partial charge in [-0.2, -0.15) is 0 Å². The number of anilines is 2. The van der Waals surface area contributed by atoms with Gasteiger partial charge in [-0.05, 0) is 48.9 Å². The maximum atomic E-state index is 13.5. The Morgan fingerprint density at radius 2 is 1.47 bits per heavy atom. The molecular weight excluding hydrogens is 400 g/mol. The number of hydrogen-bond acceptors (Lipinski definition) is 4. The molecule has 3 aromatic rings. The third-order valence-electron chi connectivity index (χ3n) is 5.63. The molecule has 0 spiro atoms. The Morgan fingerprint density at radius 1 is 0.800 bits per heavy atom. The number of carbonyl (C=O) groups is 2. The fourth-order valence-corrected chi connectivity index (χ4v) is 4.29. The topological polar surface area (TPSA) is 49.9 Å². The van der Waals surface area contributed by atoms with Crippen molar-refractivity contribution >= 4 is 34.8 Å². The Kier molecular flexibility index (Phi) is 4.57. The molecule has 150 valence electrons. The van der Waals surface area contributed by atoms with E-state index in [1.165, 1.54) is 4.90 Å². The summed E-state index contributed by atoms with van der Waals surface area (Å²) < 4.78 is 0. The van der Waals surface area contributed by atoms with Crippen molar-refractivity contribution in [1.82, 2.24) is 0 Å². The second kappa shape index (κ2) is 7.27. The highest BCUT2D eigenvalue weighted by atomic mass is 35.5. The zero-order chi connectivity index (χ0) is 20.8. The maximum absolute atomic E-state index is 13.5. The molecule has 2 heterocycles. The van der Waals surface area contributed by atoms with Gasteiger partial charge >= 0.3 is 0 Å². The molecule has 2 fully saturated rings. The molecule has 0 bridgehead atoms. The number of hydrogen-bond donors (Lipinski definition) is 0. The number of halogens is 1. The van der Waals surface area contributed by atoms with E-state index in [9.17, 15) is 9.59 Å². The first-order valence-electron chi connectivity index (χ1n) is 9.75. The van der Waals surface area contributed by atoms with Crippen molar-refractivity contribution in [2.24, 2.45) is 5.92 Å². The van der Waals surface area contributed by atoms with Crippen LogP contribution in [0, 0.1) is 12.8 Å². The van der Waals surface area contributed by atoms with Gasteiger partial charge in [-0.3, -0.25) is 14.4 Å². The first-order valence-corrected chi connectivity index (χ1v) is 10.1. The number of aryl methyl sites for hydroxylation is 1. The summed E-state index contributed by atoms with van der Waals surface area (Å²) in [4.78, 5) is 34.1. The van der Waals surface area contributed by atoms with E-state index in [0.717, 1.165) is 16.8 Å². The molecule has 0 N–H and O–H groups in total. The SMILES string of the molecule is Cc1ccc(N2C(=O)[C@@H]3[C@@H](c4ccc(Cl)cc4)N(c4ccccc4)O[C@H]3C2=O)cc1. The van der Waals surface area contributed by atoms with Crippen LogP contribution in [-0.4, -0.2) is 17.9 Å². The Hall–Kier alpha value is -3.15. The molecule has 0 aliphatic carbocycles. The van der Waals surface area contributed by atoms with Crippen LogP contribution in [0.25, 0.3) is 0 Å². The highest BCUT2D eigenvalue weighted by Gasteiger charge is 2.60. The van der Waals surface area contributed by atoms with E-state index in [1.807, 2.05) is 61.5 Å². The van der Waals surface area contributed by atoms with Crippen molar-refractivity contribution in [3.8, 4) is 0 Å². The van der Waals surface area contributed by atoms with Crippen molar-refractivity contribution in [2.45, 2.75) is 19.1 Å². The average Bonchev–Trinajstić information content (AvgIpc) is 3.27. The Morgan fingerprint density at radius 3 is 2.13 bits per heavy atom. The van der Waals surface area contributed by atoms with E-state index in [4.69, 9.17) is 16.4 Å². The average molecular weight is 419 g/mol. The summed E-state index contributed by atoms with van der Waals surface area (Å²) in [5.74, 6) is -1.25. The van der Waals surface area contributed by atoms with Gasteiger partial charge in [0, 0.05) is 5.02 Å². The van der Waals surface area contributed by atoms with Crippen molar-refractivity contribution in [3.05, 3.63) is 95.0 Å². The number of imide groups is 1. The number of hydroxylamine groups is 1. The molecule has 6 heteroatoms. The molecule has 0 aromatic heterocycles. The molecule has 5 rings (SSSR count). The maximum Gasteiger partial charge on any atom is 0.266 e. The highest BCUT2D eigenvalue weighted by molar-refractivity contribution is 6.30. The molecule has 0 unspecified atom stereocenters. The van der Waals surface area contributed by atoms with Crippen LogP contribution in [0.15, 0.2) is 78.9 Å². The lowest BCUT2D eigenvalue weighted by Crippen LogP contribution is -2.37. The largest absolute Gasteiger partial charge is 0.273 e. The Bertz CT molecular complexity index is 1100. The lowest BCUT2D eigenvalue weighted by atomic mass is 9.90. The number of carbonyl (C=O) groups excluding carboxylic acids is 2. The number of rotatable bonds is 3. The van der Waals surface area contributed by atoms with Crippen molar-refractivity contribution < 1.29 is 14.4 Å². The lowest BCUT2D eigenvalue weighted by Gasteiger charge is -2.28. The predicted octanol–water partition coefficient (Wildman–Crippen LogP) is 4.70. The molecule has 2 aliphatic heterocycles. The van der Waals surface area contributed by atoms with Gasteiger partial charge in [-0.25, -0.2) is 9.96 Å². The number of nitrogens with zero attached hydrogens (tertiary/aromatic N) is 2. The van der Waals surface area contributed by atoms with E-state index in [1.54, 1.807) is 29.3 Å². The van der Waals surface area contributed by atoms with Crippen LogP contribution in [0.4, 0.5) is 11.4 Å². The van der Waals surface area contributed by atoms with Crippen molar-refractivity contribution in [2.75, 3.05) is 9.96 Å². The van der Waals surface area contributed by atoms with Crippen LogP contribution in [0.3, 0.4) is 0 Å². The predicted molar refractivity (Wildman–Crippen MR) is 115 cm³/mol. The van der Waals surface area contributed by atoms with Gasteiger partial charge in [0.2, 0.25) is 5.91 Å². The van der Waals surface area contributed by atoms with E-state index >= 15 is 0 Å². The quantitative estimate of drug-likeness (QED) is 0.578. The fourth-order valence-electron chi connectivity index (χ4n) is 4.16. The zero-order valence-electron chi connectivity index (χ0n) is 16.2. The minimum absolute atomic E-state index is 0.257. The molecule has 2 amide bonds. The van der Waals surface area contributed by atoms with Crippen LogP contribution in [0.2, 0.25) is 5.02 Å². The smallest absolute Gasteiger partial charge is 0.266 e. The standard InChI is InChI=1S/C24H19ClN2O3/c1-15-7-13-18(14-8-15)26-23(28)20-21(16-9-11-17(25)12-10-16)27(30-22(20)24(26)29)19-5-3-2-4-6-19/h2-14,20-22H,1H3/t20-,21-,22-/m1/s1. The highest BCUT2D eigenvalue weighted by Crippen LogP contribution is 2.47. The van der Waals surface area contributed by atoms with Crippen LogP contribution in [-0.2, 0) is 14.4 Å². The second-order valence-electron chi connectivity index (χ2n) is 7.56. The molecule has 3 aromatic carbocycles. The van der Waals surface area contributed by atoms with Gasteiger partial charge in [-0.15, -0.1) is 0 Å². The summed E-state index contributed by atoms with van der Waals surface area (Å²) in [6.45, 7) is 1.96. The van der Waals surface area contributed by atoms with Gasteiger partial charge in [0.1, 0.15) is 5.92 Å². The monoisotopic (exact) mass is 418 g/mol. The van der Waals surface area contributed by atoms with E-state index < -0.39 is 18.1 Å². The van der Waals surface area contributed by atoms with E-state index in [-0.39, 0.29) is 11.8 Å². The van der Waals surface area contributed by atoms with Crippen molar-refractivity contribution in [3.63, 3.8) is 0 Å².